The first kappa shape index (κ1) is 11.5. The van der Waals surface area contributed by atoms with Crippen molar-refractivity contribution in [2.24, 2.45) is 5.92 Å². The molecule has 0 amide bonds. The van der Waals surface area contributed by atoms with Crippen molar-refractivity contribution >= 4 is 11.6 Å². The van der Waals surface area contributed by atoms with E-state index in [0.29, 0.717) is 17.7 Å². The van der Waals surface area contributed by atoms with Gasteiger partial charge in [0.2, 0.25) is 11.8 Å². The number of alkyl halides is 1. The van der Waals surface area contributed by atoms with Gasteiger partial charge in [-0.1, -0.05) is 20.3 Å². The summed E-state index contributed by atoms with van der Waals surface area (Å²) in [4.78, 5) is 0. The lowest BCUT2D eigenvalue weighted by Gasteiger charge is -2.02. The maximum atomic E-state index is 5.58. The fraction of sp³-hybridized carbons (Fsp3) is 0.800. The fourth-order valence-corrected chi connectivity index (χ4v) is 1.27. The molecule has 0 saturated carbocycles. The quantitative estimate of drug-likeness (QED) is 0.687. The highest BCUT2D eigenvalue weighted by molar-refractivity contribution is 6.17. The molecular weight excluding hydrogens is 200 g/mol. The van der Waals surface area contributed by atoms with Crippen molar-refractivity contribution in [1.29, 1.82) is 0 Å². The third-order valence-electron chi connectivity index (χ3n) is 2.25. The van der Waals surface area contributed by atoms with Crippen LogP contribution in [0.1, 0.15) is 38.5 Å². The van der Waals surface area contributed by atoms with Crippen molar-refractivity contribution in [2.75, 3.05) is 5.88 Å². The van der Waals surface area contributed by atoms with Crippen LogP contribution < -0.4 is 0 Å². The van der Waals surface area contributed by atoms with Crippen LogP contribution in [0.3, 0.4) is 0 Å². The lowest BCUT2D eigenvalue weighted by Crippen LogP contribution is -1.97. The number of hydrogen-bond acceptors (Lipinski definition) is 3. The Morgan fingerprint density at radius 2 is 2.07 bits per heavy atom. The van der Waals surface area contributed by atoms with Crippen molar-refractivity contribution in [3.05, 3.63) is 11.8 Å². The number of rotatable bonds is 6. The molecule has 0 aliphatic carbocycles. The summed E-state index contributed by atoms with van der Waals surface area (Å²) in [7, 11) is 0. The molecule has 1 atom stereocenters. The molecule has 80 valence electrons. The zero-order valence-electron chi connectivity index (χ0n) is 8.79. The van der Waals surface area contributed by atoms with Crippen molar-refractivity contribution in [2.45, 2.75) is 39.5 Å². The molecule has 14 heavy (non-hydrogen) atoms. The van der Waals surface area contributed by atoms with E-state index in [4.69, 9.17) is 16.0 Å². The zero-order chi connectivity index (χ0) is 10.4. The monoisotopic (exact) mass is 216 g/mol. The van der Waals surface area contributed by atoms with E-state index in [9.17, 15) is 0 Å². The third kappa shape index (κ3) is 3.66. The minimum atomic E-state index is 0.608. The molecule has 1 unspecified atom stereocenters. The second-order valence-corrected chi connectivity index (χ2v) is 3.98. The maximum absolute atomic E-state index is 5.58. The Morgan fingerprint density at radius 1 is 1.36 bits per heavy atom. The summed E-state index contributed by atoms with van der Waals surface area (Å²) >= 11 is 5.58. The second kappa shape index (κ2) is 6.02. The standard InChI is InChI=1S/C10H17ClN2O/c1-3-8(2)7-10-13-12-9(14-10)5-4-6-11/h8H,3-7H2,1-2H3. The van der Waals surface area contributed by atoms with E-state index in [2.05, 4.69) is 24.0 Å². The molecule has 0 aromatic carbocycles. The van der Waals surface area contributed by atoms with Crippen LogP contribution in [0.5, 0.6) is 0 Å². The SMILES string of the molecule is CCC(C)Cc1nnc(CCCCl)o1. The minimum Gasteiger partial charge on any atom is -0.425 e. The van der Waals surface area contributed by atoms with Crippen molar-refractivity contribution in [3.8, 4) is 0 Å². The molecule has 0 radical (unpaired) electrons. The molecule has 0 fully saturated rings. The fourth-order valence-electron chi connectivity index (χ4n) is 1.13. The van der Waals surface area contributed by atoms with E-state index in [-0.39, 0.29) is 0 Å². The topological polar surface area (TPSA) is 38.9 Å². The van der Waals surface area contributed by atoms with Crippen LogP contribution in [0.2, 0.25) is 0 Å². The van der Waals surface area contributed by atoms with Gasteiger partial charge in [-0.15, -0.1) is 21.8 Å². The van der Waals surface area contributed by atoms with Gasteiger partial charge in [-0.3, -0.25) is 0 Å². The molecule has 1 heterocycles. The van der Waals surface area contributed by atoms with E-state index >= 15 is 0 Å². The first-order valence-corrected chi connectivity index (χ1v) is 5.67. The first-order valence-electron chi connectivity index (χ1n) is 5.13. The predicted molar refractivity (Wildman–Crippen MR) is 56.5 cm³/mol. The predicted octanol–water partition coefficient (Wildman–Crippen LogP) is 2.83. The lowest BCUT2D eigenvalue weighted by molar-refractivity contribution is 0.410. The van der Waals surface area contributed by atoms with E-state index in [1.54, 1.807) is 0 Å². The van der Waals surface area contributed by atoms with E-state index in [1.807, 2.05) is 0 Å². The maximum Gasteiger partial charge on any atom is 0.216 e. The molecule has 0 bridgehead atoms. The average Bonchev–Trinajstić information content (AvgIpc) is 2.62. The Bertz CT molecular complexity index is 262. The van der Waals surface area contributed by atoms with Gasteiger partial charge < -0.3 is 4.42 Å². The Balaban J connectivity index is 2.42. The van der Waals surface area contributed by atoms with E-state index in [0.717, 1.165) is 31.6 Å². The number of halogens is 1. The van der Waals surface area contributed by atoms with Crippen LogP contribution in [-0.4, -0.2) is 16.1 Å². The van der Waals surface area contributed by atoms with Crippen LogP contribution >= 0.6 is 11.6 Å². The highest BCUT2D eigenvalue weighted by Crippen LogP contribution is 2.11. The number of hydrogen-bond donors (Lipinski definition) is 0. The second-order valence-electron chi connectivity index (χ2n) is 3.60. The molecule has 0 aliphatic heterocycles. The summed E-state index contributed by atoms with van der Waals surface area (Å²) in [6.07, 6.45) is 3.70. The molecule has 0 aliphatic rings. The van der Waals surface area contributed by atoms with Crippen LogP contribution in [-0.2, 0) is 12.8 Å². The van der Waals surface area contributed by atoms with E-state index in [1.165, 1.54) is 0 Å². The van der Waals surface area contributed by atoms with Gasteiger partial charge >= 0.3 is 0 Å². The third-order valence-corrected chi connectivity index (χ3v) is 2.52. The van der Waals surface area contributed by atoms with Crippen molar-refractivity contribution < 1.29 is 4.42 Å². The molecule has 0 N–H and O–H groups in total. The van der Waals surface area contributed by atoms with Crippen molar-refractivity contribution in [1.82, 2.24) is 10.2 Å². The molecule has 1 aromatic rings. The zero-order valence-corrected chi connectivity index (χ0v) is 9.55. The van der Waals surface area contributed by atoms with Gasteiger partial charge in [0.05, 0.1) is 0 Å². The highest BCUT2D eigenvalue weighted by Gasteiger charge is 2.08. The molecule has 1 aromatic heterocycles. The van der Waals surface area contributed by atoms with Gasteiger partial charge in [0.25, 0.3) is 0 Å². The molecule has 0 saturated heterocycles. The lowest BCUT2D eigenvalue weighted by atomic mass is 10.1. The summed E-state index contributed by atoms with van der Waals surface area (Å²) in [5.41, 5.74) is 0. The minimum absolute atomic E-state index is 0.608. The van der Waals surface area contributed by atoms with Gasteiger partial charge in [0.1, 0.15) is 0 Å². The van der Waals surface area contributed by atoms with Crippen LogP contribution in [0, 0.1) is 5.92 Å². The molecule has 1 rings (SSSR count). The van der Waals surface area contributed by atoms with Crippen LogP contribution in [0.4, 0.5) is 0 Å². The first-order chi connectivity index (χ1) is 6.76. The Labute approximate surface area is 89.9 Å². The smallest absolute Gasteiger partial charge is 0.216 e. The summed E-state index contributed by atoms with van der Waals surface area (Å²) in [5, 5.41) is 7.96. The van der Waals surface area contributed by atoms with Gasteiger partial charge in [-0.2, -0.15) is 0 Å². The summed E-state index contributed by atoms with van der Waals surface area (Å²) in [6.45, 7) is 4.35. The molecular formula is C10H17ClN2O. The van der Waals surface area contributed by atoms with Gasteiger partial charge in [0.15, 0.2) is 0 Å². The van der Waals surface area contributed by atoms with Crippen LogP contribution in [0.15, 0.2) is 4.42 Å². The highest BCUT2D eigenvalue weighted by atomic mass is 35.5. The molecule has 3 nitrogen and oxygen atoms in total. The average molecular weight is 217 g/mol. The number of aryl methyl sites for hydroxylation is 1. The number of aromatic nitrogens is 2. The van der Waals surface area contributed by atoms with E-state index < -0.39 is 0 Å². The molecule has 0 spiro atoms. The van der Waals surface area contributed by atoms with Gasteiger partial charge in [-0.05, 0) is 12.3 Å². The summed E-state index contributed by atoms with van der Waals surface area (Å²) in [6, 6.07) is 0. The Morgan fingerprint density at radius 3 is 2.71 bits per heavy atom. The number of nitrogens with zero attached hydrogens (tertiary/aromatic N) is 2. The van der Waals surface area contributed by atoms with Crippen molar-refractivity contribution in [3.63, 3.8) is 0 Å². The van der Waals surface area contributed by atoms with Gasteiger partial charge in [0, 0.05) is 18.7 Å². The largest absolute Gasteiger partial charge is 0.425 e. The van der Waals surface area contributed by atoms with Crippen LogP contribution in [0.25, 0.3) is 0 Å². The van der Waals surface area contributed by atoms with Gasteiger partial charge in [-0.25, -0.2) is 0 Å². The normalized spacial score (nSPS) is 13.1. The summed E-state index contributed by atoms with van der Waals surface area (Å²) in [5.74, 6) is 2.72. The Hall–Kier alpha value is -0.570. The Kier molecular flexibility index (Phi) is 4.94. The summed E-state index contributed by atoms with van der Waals surface area (Å²) < 4.78 is 5.48. The molecule has 4 heteroatoms.